The number of thiazole rings is 1. The van der Waals surface area contributed by atoms with Gasteiger partial charge in [-0.05, 0) is 112 Å². The van der Waals surface area contributed by atoms with Gasteiger partial charge in [0.2, 0.25) is 0 Å². The first kappa shape index (κ1) is 36.0. The number of aromatic nitrogens is 1. The average Bonchev–Trinajstić information content (AvgIpc) is 3.36. The summed E-state index contributed by atoms with van der Waals surface area (Å²) >= 11 is 8.29. The van der Waals surface area contributed by atoms with Gasteiger partial charge in [-0.15, -0.1) is 0 Å². The maximum absolute atomic E-state index is 14.2. The second kappa shape index (κ2) is 16.0. The van der Waals surface area contributed by atoms with Crippen LogP contribution in [0.5, 0.6) is 17.2 Å². The van der Waals surface area contributed by atoms with E-state index in [-0.39, 0.29) is 36.8 Å². The van der Waals surface area contributed by atoms with Crippen LogP contribution in [0.1, 0.15) is 43.5 Å². The number of benzene rings is 3. The Balaban J connectivity index is 1.57. The van der Waals surface area contributed by atoms with Gasteiger partial charge in [-0.2, -0.15) is 0 Å². The molecule has 0 spiro atoms. The number of halogens is 3. The molecular formula is C35H31Br2FN2O8S. The molecule has 0 amide bonds. The Kier molecular flexibility index (Phi) is 11.7. The average molecular weight is 819 g/mol. The van der Waals surface area contributed by atoms with Crippen molar-refractivity contribution in [3.8, 4) is 17.2 Å². The molecule has 0 aliphatic carbocycles. The van der Waals surface area contributed by atoms with Crippen LogP contribution in [0.3, 0.4) is 0 Å². The molecule has 3 aromatic carbocycles. The normalized spacial score (nSPS) is 14.2. The standard InChI is InChI=1S/C35H31Br2FN2O8S/c1-5-45-27-16-22(10-11-26(27)47-18-29(41)44-4)31-30(34(43)46-6-2)19(3)39-35-40(31)33(42)28(49-35)15-21-13-24(36)32(25(37)14-21)48-17-20-8-7-9-23(38)12-20/h7-16,31H,5-6,17-18H2,1-4H3/b28-15-/t31-/m1/s1. The summed E-state index contributed by atoms with van der Waals surface area (Å²) in [6.45, 7) is 5.44. The van der Waals surface area contributed by atoms with Gasteiger partial charge in [-0.25, -0.2) is 19.0 Å². The van der Waals surface area contributed by atoms with Crippen LogP contribution in [-0.2, 0) is 25.7 Å². The number of carbonyl (C=O) groups is 2. The Morgan fingerprint density at radius 2 is 1.76 bits per heavy atom. The number of hydrogen-bond acceptors (Lipinski definition) is 10. The number of esters is 2. The van der Waals surface area contributed by atoms with Gasteiger partial charge in [0, 0.05) is 0 Å². The van der Waals surface area contributed by atoms with E-state index < -0.39 is 18.0 Å². The molecule has 0 saturated heterocycles. The number of ether oxygens (including phenoxy) is 5. The molecule has 0 saturated carbocycles. The summed E-state index contributed by atoms with van der Waals surface area (Å²) in [5, 5.41) is 0. The van der Waals surface area contributed by atoms with Gasteiger partial charge in [-0.3, -0.25) is 9.36 Å². The van der Waals surface area contributed by atoms with E-state index >= 15 is 0 Å². The van der Waals surface area contributed by atoms with Gasteiger partial charge < -0.3 is 23.7 Å². The molecule has 1 atom stereocenters. The largest absolute Gasteiger partial charge is 0.490 e. The van der Waals surface area contributed by atoms with Crippen LogP contribution < -0.4 is 29.1 Å². The summed E-state index contributed by atoms with van der Waals surface area (Å²) in [5.74, 6) is -0.388. The van der Waals surface area contributed by atoms with Crippen LogP contribution in [-0.4, -0.2) is 43.4 Å². The van der Waals surface area contributed by atoms with Gasteiger partial charge in [0.1, 0.15) is 18.2 Å². The topological polar surface area (TPSA) is 115 Å². The maximum atomic E-state index is 14.2. The summed E-state index contributed by atoms with van der Waals surface area (Å²) in [6, 6.07) is 13.9. The number of nitrogens with zero attached hydrogens (tertiary/aromatic N) is 2. The van der Waals surface area contributed by atoms with Crippen LogP contribution in [0.15, 0.2) is 84.6 Å². The highest BCUT2D eigenvalue weighted by Crippen LogP contribution is 2.37. The Labute approximate surface area is 301 Å². The third-order valence-corrected chi connectivity index (χ3v) is 9.43. The molecule has 10 nitrogen and oxygen atoms in total. The molecule has 49 heavy (non-hydrogen) atoms. The maximum Gasteiger partial charge on any atom is 0.343 e. The zero-order chi connectivity index (χ0) is 35.2. The number of hydrogen-bond donors (Lipinski definition) is 0. The molecule has 1 aliphatic rings. The fourth-order valence-electron chi connectivity index (χ4n) is 5.12. The lowest BCUT2D eigenvalue weighted by atomic mass is 9.95. The van der Waals surface area contributed by atoms with Crippen molar-refractivity contribution in [3.63, 3.8) is 0 Å². The number of rotatable bonds is 12. The molecule has 0 fully saturated rings. The van der Waals surface area contributed by atoms with Crippen molar-refractivity contribution >= 4 is 61.2 Å². The van der Waals surface area contributed by atoms with E-state index in [1.807, 2.05) is 0 Å². The highest BCUT2D eigenvalue weighted by molar-refractivity contribution is 9.11. The molecule has 14 heteroatoms. The molecule has 1 aliphatic heterocycles. The Hall–Kier alpha value is -4.27. The Bertz CT molecular complexity index is 2110. The van der Waals surface area contributed by atoms with Crippen molar-refractivity contribution in [2.24, 2.45) is 4.99 Å². The highest BCUT2D eigenvalue weighted by Gasteiger charge is 2.34. The first-order valence-electron chi connectivity index (χ1n) is 15.1. The van der Waals surface area contributed by atoms with E-state index in [2.05, 4.69) is 41.6 Å². The Morgan fingerprint density at radius 3 is 2.43 bits per heavy atom. The molecule has 2 heterocycles. The van der Waals surface area contributed by atoms with Crippen LogP contribution >= 0.6 is 43.2 Å². The summed E-state index contributed by atoms with van der Waals surface area (Å²) in [7, 11) is 1.26. The van der Waals surface area contributed by atoms with Gasteiger partial charge in [0.15, 0.2) is 22.9 Å². The van der Waals surface area contributed by atoms with Crippen molar-refractivity contribution in [2.45, 2.75) is 33.4 Å². The predicted octanol–water partition coefficient (Wildman–Crippen LogP) is 5.99. The highest BCUT2D eigenvalue weighted by atomic mass is 79.9. The van der Waals surface area contributed by atoms with Gasteiger partial charge in [-0.1, -0.05) is 29.5 Å². The first-order valence-corrected chi connectivity index (χ1v) is 17.5. The van der Waals surface area contributed by atoms with E-state index in [9.17, 15) is 18.8 Å². The minimum absolute atomic E-state index is 0.128. The molecule has 0 bridgehead atoms. The van der Waals surface area contributed by atoms with Crippen molar-refractivity contribution in [3.05, 3.63) is 117 Å². The van der Waals surface area contributed by atoms with E-state index in [0.717, 1.165) is 0 Å². The molecule has 256 valence electrons. The van der Waals surface area contributed by atoms with E-state index in [1.54, 1.807) is 69.3 Å². The zero-order valence-electron chi connectivity index (χ0n) is 26.9. The number of carbonyl (C=O) groups excluding carboxylic acids is 2. The fourth-order valence-corrected chi connectivity index (χ4v) is 7.62. The number of methoxy groups -OCH3 is 1. The van der Waals surface area contributed by atoms with Crippen LogP contribution in [0.4, 0.5) is 4.39 Å². The number of fused-ring (bicyclic) bond motifs is 1. The van der Waals surface area contributed by atoms with Crippen molar-refractivity contribution in [1.29, 1.82) is 0 Å². The molecule has 4 aromatic rings. The van der Waals surface area contributed by atoms with Gasteiger partial charge in [0.25, 0.3) is 5.56 Å². The molecule has 0 radical (unpaired) electrons. The SMILES string of the molecule is CCOC(=O)C1=C(C)N=c2s/c(=C\c3cc(Br)c(OCc4cccc(F)c4)c(Br)c3)c(=O)n2[C@@H]1c1ccc(OCC(=O)OC)c(OCC)c1. The third kappa shape index (κ3) is 8.14. The summed E-state index contributed by atoms with van der Waals surface area (Å²) in [4.78, 5) is 44.3. The molecule has 0 unspecified atom stereocenters. The van der Waals surface area contributed by atoms with Crippen molar-refractivity contribution in [2.75, 3.05) is 26.9 Å². The van der Waals surface area contributed by atoms with Crippen molar-refractivity contribution < 1.29 is 37.7 Å². The van der Waals surface area contributed by atoms with E-state index in [1.165, 1.54) is 35.1 Å². The summed E-state index contributed by atoms with van der Waals surface area (Å²) in [5.41, 5.74) is 2.15. The first-order chi connectivity index (χ1) is 23.5. The lowest BCUT2D eigenvalue weighted by Crippen LogP contribution is -2.40. The second-order valence-electron chi connectivity index (χ2n) is 10.5. The van der Waals surface area contributed by atoms with Crippen LogP contribution in [0.25, 0.3) is 6.08 Å². The molecule has 5 rings (SSSR count). The summed E-state index contributed by atoms with van der Waals surface area (Å²) < 4.78 is 44.2. The fraction of sp³-hybridized carbons (Fsp3) is 0.257. The van der Waals surface area contributed by atoms with Crippen LogP contribution in [0.2, 0.25) is 0 Å². The van der Waals surface area contributed by atoms with Crippen molar-refractivity contribution in [1.82, 2.24) is 4.57 Å². The monoisotopic (exact) mass is 816 g/mol. The predicted molar refractivity (Wildman–Crippen MR) is 188 cm³/mol. The van der Waals surface area contributed by atoms with E-state index in [0.29, 0.717) is 64.5 Å². The smallest absolute Gasteiger partial charge is 0.343 e. The summed E-state index contributed by atoms with van der Waals surface area (Å²) in [6.07, 6.45) is 1.73. The minimum atomic E-state index is -0.900. The lowest BCUT2D eigenvalue weighted by molar-refractivity contribution is -0.143. The Morgan fingerprint density at radius 1 is 1.00 bits per heavy atom. The van der Waals surface area contributed by atoms with Gasteiger partial charge >= 0.3 is 11.9 Å². The van der Waals surface area contributed by atoms with E-state index in [4.69, 9.17) is 18.9 Å². The second-order valence-corrected chi connectivity index (χ2v) is 13.3. The van der Waals surface area contributed by atoms with Crippen LogP contribution in [0, 0.1) is 5.82 Å². The molecular weight excluding hydrogens is 787 g/mol. The lowest BCUT2D eigenvalue weighted by Gasteiger charge is -2.25. The molecule has 1 aromatic heterocycles. The molecule has 0 N–H and O–H groups in total. The minimum Gasteiger partial charge on any atom is -0.490 e. The van der Waals surface area contributed by atoms with Gasteiger partial charge in [0.05, 0.1) is 51.1 Å². The number of allylic oxidation sites excluding steroid dienone is 1. The quantitative estimate of drug-likeness (QED) is 0.160. The third-order valence-electron chi connectivity index (χ3n) is 7.26. The zero-order valence-corrected chi connectivity index (χ0v) is 30.9.